The van der Waals surface area contributed by atoms with Gasteiger partial charge in [0.25, 0.3) is 5.91 Å². The first-order valence-corrected chi connectivity index (χ1v) is 8.82. The maximum absolute atomic E-state index is 13.0. The van der Waals surface area contributed by atoms with Gasteiger partial charge in [-0.1, -0.05) is 31.2 Å². The third kappa shape index (κ3) is 2.79. The van der Waals surface area contributed by atoms with E-state index in [4.69, 9.17) is 13.9 Å². The lowest BCUT2D eigenvalue weighted by molar-refractivity contribution is 0.0774. The van der Waals surface area contributed by atoms with Crippen LogP contribution >= 0.6 is 0 Å². The number of nitrogens with zero attached hydrogens (tertiary/aromatic N) is 1. The van der Waals surface area contributed by atoms with Gasteiger partial charge in [0.05, 0.1) is 5.56 Å². The number of fused-ring (bicyclic) bond motifs is 2. The fourth-order valence-electron chi connectivity index (χ4n) is 3.37. The minimum atomic E-state index is -0.0975. The second kappa shape index (κ2) is 6.75. The number of benzene rings is 2. The Labute approximate surface area is 152 Å². The third-order valence-electron chi connectivity index (χ3n) is 4.64. The van der Waals surface area contributed by atoms with Gasteiger partial charge in [-0.15, -0.1) is 0 Å². The molecule has 0 bridgehead atoms. The van der Waals surface area contributed by atoms with Crippen molar-refractivity contribution in [1.82, 2.24) is 4.90 Å². The predicted octanol–water partition coefficient (Wildman–Crippen LogP) is 4.04. The molecule has 26 heavy (non-hydrogen) atoms. The van der Waals surface area contributed by atoms with E-state index in [-0.39, 0.29) is 5.91 Å². The van der Waals surface area contributed by atoms with Crippen LogP contribution in [0.1, 0.15) is 28.6 Å². The van der Waals surface area contributed by atoms with Crippen molar-refractivity contribution in [2.24, 2.45) is 0 Å². The first-order chi connectivity index (χ1) is 12.7. The van der Waals surface area contributed by atoms with E-state index in [2.05, 4.69) is 6.92 Å². The molecule has 5 heteroatoms. The van der Waals surface area contributed by atoms with Crippen LogP contribution in [0.2, 0.25) is 0 Å². The highest BCUT2D eigenvalue weighted by atomic mass is 16.6. The molecule has 0 atom stereocenters. The molecule has 2 aromatic carbocycles. The van der Waals surface area contributed by atoms with Crippen LogP contribution in [0.3, 0.4) is 0 Å². The molecule has 0 saturated heterocycles. The Morgan fingerprint density at radius 3 is 2.73 bits per heavy atom. The molecule has 0 N–H and O–H groups in total. The Kier molecular flexibility index (Phi) is 4.29. The van der Waals surface area contributed by atoms with E-state index in [0.29, 0.717) is 36.8 Å². The predicted molar refractivity (Wildman–Crippen MR) is 98.8 cm³/mol. The maximum atomic E-state index is 13.0. The average Bonchev–Trinajstić information content (AvgIpc) is 3.04. The molecular weight excluding hydrogens is 330 g/mol. The lowest BCUT2D eigenvalue weighted by Crippen LogP contribution is -2.28. The molecule has 134 valence electrons. The van der Waals surface area contributed by atoms with E-state index in [1.54, 1.807) is 18.0 Å². The Hall–Kier alpha value is -2.95. The average molecular weight is 351 g/mol. The molecule has 3 aromatic rings. The molecule has 2 heterocycles. The summed E-state index contributed by atoms with van der Waals surface area (Å²) in [7, 11) is 1.80. The van der Waals surface area contributed by atoms with Gasteiger partial charge < -0.3 is 18.8 Å². The topological polar surface area (TPSA) is 51.9 Å². The molecule has 0 fully saturated rings. The molecule has 4 rings (SSSR count). The van der Waals surface area contributed by atoms with Gasteiger partial charge in [-0.2, -0.15) is 0 Å². The normalized spacial score (nSPS) is 13.0. The monoisotopic (exact) mass is 351 g/mol. The number of amides is 1. The molecule has 1 aliphatic rings. The molecule has 5 nitrogen and oxygen atoms in total. The zero-order valence-electron chi connectivity index (χ0n) is 15.0. The summed E-state index contributed by atoms with van der Waals surface area (Å²) >= 11 is 0. The van der Waals surface area contributed by atoms with Crippen LogP contribution in [0.5, 0.6) is 11.5 Å². The maximum Gasteiger partial charge on any atom is 0.257 e. The van der Waals surface area contributed by atoms with Gasteiger partial charge in [0, 0.05) is 31.0 Å². The highest BCUT2D eigenvalue weighted by molar-refractivity contribution is 5.98. The Morgan fingerprint density at radius 2 is 1.88 bits per heavy atom. The van der Waals surface area contributed by atoms with Gasteiger partial charge in [-0.05, 0) is 18.2 Å². The summed E-state index contributed by atoms with van der Waals surface area (Å²) in [6.45, 7) is 3.49. The number of rotatable bonds is 4. The van der Waals surface area contributed by atoms with E-state index in [1.807, 2.05) is 36.4 Å². The van der Waals surface area contributed by atoms with Crippen molar-refractivity contribution in [3.05, 3.63) is 59.4 Å². The number of ether oxygens (including phenoxy) is 2. The number of carbonyl (C=O) groups excluding carboxylic acids is 1. The highest BCUT2D eigenvalue weighted by Gasteiger charge is 2.24. The zero-order valence-corrected chi connectivity index (χ0v) is 15.0. The van der Waals surface area contributed by atoms with Crippen molar-refractivity contribution < 1.29 is 18.7 Å². The fourth-order valence-corrected chi connectivity index (χ4v) is 3.37. The lowest BCUT2D eigenvalue weighted by atomic mass is 10.1. The van der Waals surface area contributed by atoms with Crippen molar-refractivity contribution in [3.8, 4) is 11.5 Å². The van der Waals surface area contributed by atoms with E-state index in [0.717, 1.165) is 28.7 Å². The third-order valence-corrected chi connectivity index (χ3v) is 4.64. The van der Waals surface area contributed by atoms with Crippen LogP contribution in [-0.4, -0.2) is 31.1 Å². The number of hydrogen-bond acceptors (Lipinski definition) is 4. The first-order valence-electron chi connectivity index (χ1n) is 8.82. The number of carbonyl (C=O) groups is 1. The summed E-state index contributed by atoms with van der Waals surface area (Å²) in [5.74, 6) is 1.97. The van der Waals surface area contributed by atoms with Gasteiger partial charge in [-0.3, -0.25) is 4.79 Å². The van der Waals surface area contributed by atoms with Crippen LogP contribution in [0.15, 0.2) is 46.9 Å². The van der Waals surface area contributed by atoms with Crippen molar-refractivity contribution in [2.45, 2.75) is 19.9 Å². The number of para-hydroxylation sites is 2. The lowest BCUT2D eigenvalue weighted by Gasteiger charge is -2.23. The summed E-state index contributed by atoms with van der Waals surface area (Å²) < 4.78 is 17.2. The van der Waals surface area contributed by atoms with Gasteiger partial charge in [0.15, 0.2) is 11.5 Å². The van der Waals surface area contributed by atoms with Crippen LogP contribution < -0.4 is 9.47 Å². The fraction of sp³-hybridized carbons (Fsp3) is 0.286. The smallest absolute Gasteiger partial charge is 0.257 e. The van der Waals surface area contributed by atoms with Gasteiger partial charge >= 0.3 is 0 Å². The molecule has 0 spiro atoms. The standard InChI is InChI=1S/C21H21NO4/c1-3-17-16(14-7-4-5-9-18(14)26-17)13-22(2)21(23)15-8-6-10-19-20(15)25-12-11-24-19/h4-10H,3,11-13H2,1-2H3. The van der Waals surface area contributed by atoms with E-state index in [9.17, 15) is 4.79 Å². The first kappa shape index (κ1) is 16.5. The second-order valence-corrected chi connectivity index (χ2v) is 6.34. The molecule has 1 aliphatic heterocycles. The van der Waals surface area contributed by atoms with Crippen LogP contribution in [0.25, 0.3) is 11.0 Å². The van der Waals surface area contributed by atoms with Crippen molar-refractivity contribution >= 4 is 16.9 Å². The van der Waals surface area contributed by atoms with Crippen LogP contribution in [-0.2, 0) is 13.0 Å². The summed E-state index contributed by atoms with van der Waals surface area (Å²) in [6, 6.07) is 13.4. The van der Waals surface area contributed by atoms with E-state index >= 15 is 0 Å². The zero-order chi connectivity index (χ0) is 18.1. The number of aryl methyl sites for hydroxylation is 1. The van der Waals surface area contributed by atoms with Crippen molar-refractivity contribution in [1.29, 1.82) is 0 Å². The van der Waals surface area contributed by atoms with Crippen molar-refractivity contribution in [3.63, 3.8) is 0 Å². The van der Waals surface area contributed by atoms with E-state index < -0.39 is 0 Å². The van der Waals surface area contributed by atoms with Gasteiger partial charge in [0.2, 0.25) is 0 Å². The summed E-state index contributed by atoms with van der Waals surface area (Å²) in [6.07, 6.45) is 0.781. The highest BCUT2D eigenvalue weighted by Crippen LogP contribution is 2.35. The number of furan rings is 1. The SMILES string of the molecule is CCc1oc2ccccc2c1CN(C)C(=O)c1cccc2c1OCCO2. The number of hydrogen-bond donors (Lipinski definition) is 0. The minimum absolute atomic E-state index is 0.0975. The molecular formula is C21H21NO4. The molecule has 0 radical (unpaired) electrons. The molecule has 0 unspecified atom stereocenters. The molecule has 0 saturated carbocycles. The van der Waals surface area contributed by atoms with Crippen LogP contribution in [0.4, 0.5) is 0 Å². The van der Waals surface area contributed by atoms with Crippen LogP contribution in [0, 0.1) is 0 Å². The minimum Gasteiger partial charge on any atom is -0.486 e. The Bertz CT molecular complexity index is 960. The molecule has 1 aromatic heterocycles. The Morgan fingerprint density at radius 1 is 1.08 bits per heavy atom. The largest absolute Gasteiger partial charge is 0.486 e. The summed E-state index contributed by atoms with van der Waals surface area (Å²) in [5, 5.41) is 1.05. The summed E-state index contributed by atoms with van der Waals surface area (Å²) in [5.41, 5.74) is 2.44. The quantitative estimate of drug-likeness (QED) is 0.712. The van der Waals surface area contributed by atoms with E-state index in [1.165, 1.54) is 0 Å². The van der Waals surface area contributed by atoms with Gasteiger partial charge in [0.1, 0.15) is 24.6 Å². The van der Waals surface area contributed by atoms with Gasteiger partial charge in [-0.25, -0.2) is 0 Å². The van der Waals surface area contributed by atoms with Crippen molar-refractivity contribution in [2.75, 3.05) is 20.3 Å². The second-order valence-electron chi connectivity index (χ2n) is 6.34. The molecule has 1 amide bonds. The molecule has 0 aliphatic carbocycles. The summed E-state index contributed by atoms with van der Waals surface area (Å²) in [4.78, 5) is 14.7. The Balaban J connectivity index is 1.65.